The second-order valence-electron chi connectivity index (χ2n) is 8.21. The van der Waals surface area contributed by atoms with Gasteiger partial charge in [-0.1, -0.05) is 66.7 Å². The summed E-state index contributed by atoms with van der Waals surface area (Å²) in [4.78, 5) is 37.0. The fraction of sp³-hybridized carbons (Fsp3) is 0.407. The van der Waals surface area contributed by atoms with Crippen molar-refractivity contribution in [3.05, 3.63) is 94.1 Å². The molecule has 37 heavy (non-hydrogen) atoms. The van der Waals surface area contributed by atoms with Crippen molar-refractivity contribution in [3.63, 3.8) is 0 Å². The van der Waals surface area contributed by atoms with Crippen molar-refractivity contribution in [3.8, 4) is 0 Å². The predicted octanol–water partition coefficient (Wildman–Crippen LogP) is 3.25. The molecule has 0 fully saturated rings. The lowest BCUT2D eigenvalue weighted by molar-refractivity contribution is -0.553. The third-order valence-corrected chi connectivity index (χ3v) is 5.72. The lowest BCUT2D eigenvalue weighted by Gasteiger charge is -2.35. The number of esters is 2. The molecule has 3 rings (SSSR count). The fourth-order valence-electron chi connectivity index (χ4n) is 3.86. The number of carbonyl (C=O) groups is 2. The van der Waals surface area contributed by atoms with Gasteiger partial charge in [-0.2, -0.15) is 0 Å². The van der Waals surface area contributed by atoms with Crippen LogP contribution in [0.4, 0.5) is 0 Å². The molecule has 1 aliphatic heterocycles. The van der Waals surface area contributed by atoms with Gasteiger partial charge in [0.2, 0.25) is 0 Å². The van der Waals surface area contributed by atoms with Crippen LogP contribution in [0.1, 0.15) is 25.0 Å². The minimum absolute atomic E-state index is 0.0192. The summed E-state index contributed by atoms with van der Waals surface area (Å²) in [7, 11) is 0. The van der Waals surface area contributed by atoms with E-state index in [2.05, 4.69) is 0 Å². The van der Waals surface area contributed by atoms with E-state index in [1.165, 1.54) is 19.9 Å². The number of nitrogens with zero attached hydrogens (tertiary/aromatic N) is 1. The molecule has 1 heterocycles. The van der Waals surface area contributed by atoms with Gasteiger partial charge in [0.1, 0.15) is 12.2 Å². The molecule has 0 N–H and O–H groups in total. The molecule has 0 radical (unpaired) electrons. The van der Waals surface area contributed by atoms with E-state index in [9.17, 15) is 19.7 Å². The van der Waals surface area contributed by atoms with Crippen LogP contribution < -0.4 is 0 Å². The maximum atomic E-state index is 12.9. The summed E-state index contributed by atoms with van der Waals surface area (Å²) in [6, 6.07) is 18.9. The van der Waals surface area contributed by atoms with Crippen molar-refractivity contribution >= 4 is 11.9 Å². The number of ether oxygens (including phenoxy) is 5. The Bertz CT molecular complexity index is 1040. The molecule has 198 valence electrons. The third kappa shape index (κ3) is 6.79. The summed E-state index contributed by atoms with van der Waals surface area (Å²) in [5, 5.41) is 12.3. The highest BCUT2D eigenvalue weighted by Gasteiger charge is 2.68. The number of benzene rings is 2. The van der Waals surface area contributed by atoms with Crippen molar-refractivity contribution in [1.29, 1.82) is 0 Å². The highest BCUT2D eigenvalue weighted by Crippen LogP contribution is 2.30. The number of carbonyl (C=O) groups excluding carboxylic acids is 2. The lowest BCUT2D eigenvalue weighted by atomic mass is 9.89. The van der Waals surface area contributed by atoms with E-state index in [1.807, 2.05) is 60.7 Å². The molecule has 0 bridgehead atoms. The van der Waals surface area contributed by atoms with Gasteiger partial charge in [-0.3, -0.25) is 10.1 Å². The molecule has 10 heteroatoms. The van der Waals surface area contributed by atoms with Crippen LogP contribution in [0.25, 0.3) is 0 Å². The highest BCUT2D eigenvalue weighted by atomic mass is 16.7. The molecule has 0 spiro atoms. The predicted molar refractivity (Wildman–Crippen MR) is 132 cm³/mol. The zero-order valence-electron chi connectivity index (χ0n) is 20.8. The molecule has 3 atom stereocenters. The van der Waals surface area contributed by atoms with E-state index in [1.54, 1.807) is 6.08 Å². The lowest BCUT2D eigenvalue weighted by Crippen LogP contribution is -2.65. The van der Waals surface area contributed by atoms with Crippen LogP contribution in [0.5, 0.6) is 0 Å². The topological polar surface area (TPSA) is 123 Å². The van der Waals surface area contributed by atoms with E-state index in [0.717, 1.165) is 11.1 Å². The van der Waals surface area contributed by atoms with Crippen molar-refractivity contribution in [1.82, 2.24) is 0 Å². The maximum Gasteiger partial charge on any atom is 0.438 e. The van der Waals surface area contributed by atoms with Crippen LogP contribution in [0.3, 0.4) is 0 Å². The van der Waals surface area contributed by atoms with Crippen LogP contribution in [-0.4, -0.2) is 60.5 Å². The molecular weight excluding hydrogens is 482 g/mol. The Morgan fingerprint density at radius 1 is 0.892 bits per heavy atom. The van der Waals surface area contributed by atoms with Crippen LogP contribution >= 0.6 is 0 Å². The minimum atomic E-state index is -2.94. The van der Waals surface area contributed by atoms with Crippen molar-refractivity contribution in [2.75, 3.05) is 19.8 Å². The van der Waals surface area contributed by atoms with E-state index in [-0.39, 0.29) is 33.0 Å². The van der Waals surface area contributed by atoms with Gasteiger partial charge in [0, 0.05) is 0 Å². The summed E-state index contributed by atoms with van der Waals surface area (Å²) < 4.78 is 27.7. The second-order valence-corrected chi connectivity index (χ2v) is 8.21. The number of hydrogen-bond acceptors (Lipinski definition) is 9. The Kier molecular flexibility index (Phi) is 10.3. The van der Waals surface area contributed by atoms with Gasteiger partial charge in [0.05, 0.1) is 38.0 Å². The van der Waals surface area contributed by atoms with Gasteiger partial charge < -0.3 is 23.7 Å². The SMILES string of the molecule is CCOC(=O)C(C(=O)OCC)([C@H]1C=C[C@H](OCc2ccccc2)[C@@H](COCc2ccccc2)O1)[N+](=O)[O-]. The monoisotopic (exact) mass is 513 g/mol. The smallest absolute Gasteiger partial charge is 0.438 e. The van der Waals surface area contributed by atoms with Crippen molar-refractivity contribution in [2.24, 2.45) is 0 Å². The molecule has 0 amide bonds. The molecule has 2 aromatic carbocycles. The minimum Gasteiger partial charge on any atom is -0.460 e. The van der Waals surface area contributed by atoms with Crippen LogP contribution in [0, 0.1) is 10.1 Å². The largest absolute Gasteiger partial charge is 0.460 e. The van der Waals surface area contributed by atoms with E-state index in [4.69, 9.17) is 23.7 Å². The third-order valence-electron chi connectivity index (χ3n) is 5.72. The van der Waals surface area contributed by atoms with Gasteiger partial charge in [-0.15, -0.1) is 0 Å². The Labute approximate surface area is 215 Å². The first-order valence-corrected chi connectivity index (χ1v) is 12.0. The summed E-state index contributed by atoms with van der Waals surface area (Å²) in [5.74, 6) is -2.72. The average molecular weight is 514 g/mol. The van der Waals surface area contributed by atoms with E-state index < -0.39 is 40.7 Å². The maximum absolute atomic E-state index is 12.9. The van der Waals surface area contributed by atoms with Gasteiger partial charge in [-0.05, 0) is 31.1 Å². The Balaban J connectivity index is 1.87. The quantitative estimate of drug-likeness (QED) is 0.131. The Hall–Kier alpha value is -3.60. The van der Waals surface area contributed by atoms with Crippen LogP contribution in [0.15, 0.2) is 72.8 Å². The Morgan fingerprint density at radius 3 is 1.95 bits per heavy atom. The van der Waals surface area contributed by atoms with Crippen molar-refractivity contribution < 1.29 is 38.2 Å². The van der Waals surface area contributed by atoms with Crippen LogP contribution in [0.2, 0.25) is 0 Å². The summed E-state index contributed by atoms with van der Waals surface area (Å²) >= 11 is 0. The Morgan fingerprint density at radius 2 is 1.43 bits per heavy atom. The number of nitro groups is 1. The summed E-state index contributed by atoms with van der Waals surface area (Å²) in [6.45, 7) is 3.12. The van der Waals surface area contributed by atoms with E-state index in [0.29, 0.717) is 0 Å². The normalized spacial score (nSPS) is 19.2. The second kappa shape index (κ2) is 13.6. The summed E-state index contributed by atoms with van der Waals surface area (Å²) in [5.41, 5.74) is -1.10. The average Bonchev–Trinajstić information content (AvgIpc) is 2.90. The first-order valence-electron chi connectivity index (χ1n) is 12.0. The fourth-order valence-corrected chi connectivity index (χ4v) is 3.86. The zero-order chi connectivity index (χ0) is 26.7. The van der Waals surface area contributed by atoms with Gasteiger partial charge in [-0.25, -0.2) is 9.59 Å². The van der Waals surface area contributed by atoms with Crippen molar-refractivity contribution in [2.45, 2.75) is 50.9 Å². The van der Waals surface area contributed by atoms with Gasteiger partial charge in [0.25, 0.3) is 0 Å². The highest BCUT2D eigenvalue weighted by molar-refractivity contribution is 6.04. The van der Waals surface area contributed by atoms with E-state index >= 15 is 0 Å². The molecule has 0 unspecified atom stereocenters. The van der Waals surface area contributed by atoms with Gasteiger partial charge in [0.15, 0.2) is 6.10 Å². The van der Waals surface area contributed by atoms with Gasteiger partial charge >= 0.3 is 17.5 Å². The number of rotatable bonds is 13. The first kappa shape index (κ1) is 28.0. The molecule has 2 aromatic rings. The molecule has 0 saturated carbocycles. The molecule has 1 aliphatic rings. The molecule has 10 nitrogen and oxygen atoms in total. The molecule has 0 aromatic heterocycles. The zero-order valence-corrected chi connectivity index (χ0v) is 20.8. The molecule has 0 saturated heterocycles. The molecular formula is C27H31NO9. The number of hydrogen-bond donors (Lipinski definition) is 0. The standard InChI is InChI=1S/C27H31NO9/c1-3-34-25(29)27(28(31)32,26(30)35-4-2)24-16-15-22(36-18-21-13-9-6-10-14-21)23(37-24)19-33-17-20-11-7-5-8-12-20/h5-16,22-24H,3-4,17-19H2,1-2H3/t22-,23+,24+/m0/s1. The molecule has 0 aliphatic carbocycles. The summed E-state index contributed by atoms with van der Waals surface area (Å²) in [6.07, 6.45) is -0.321. The first-order chi connectivity index (χ1) is 17.9. The van der Waals surface area contributed by atoms with Crippen LogP contribution in [-0.2, 0) is 46.5 Å².